The minimum Gasteiger partial charge on any atom is -0.340 e. The summed E-state index contributed by atoms with van der Waals surface area (Å²) in [6, 6.07) is 8.36. The Balaban J connectivity index is 1.77. The summed E-state index contributed by atoms with van der Waals surface area (Å²) in [4.78, 5) is 34.6. The van der Waals surface area contributed by atoms with Crippen LogP contribution in [-0.2, 0) is 16.1 Å². The Morgan fingerprint density at radius 1 is 1.36 bits per heavy atom. The molecule has 0 radical (unpaired) electrons. The summed E-state index contributed by atoms with van der Waals surface area (Å²) in [6.45, 7) is 3.50. The number of likely N-dealkylation sites (N-methyl/N-ethyl adjacent to an activating group) is 1. The summed E-state index contributed by atoms with van der Waals surface area (Å²) in [6.07, 6.45) is 0. The van der Waals surface area contributed by atoms with Crippen LogP contribution in [0.15, 0.2) is 39.8 Å². The topological polar surface area (TPSA) is 104 Å². The Hall–Kier alpha value is -3.23. The maximum atomic E-state index is 12.6. The third-order valence-corrected chi connectivity index (χ3v) is 3.63. The number of para-hydroxylation sites is 1. The van der Waals surface area contributed by atoms with Gasteiger partial charge in [0.1, 0.15) is 6.04 Å². The van der Waals surface area contributed by atoms with Crippen molar-refractivity contribution in [3.63, 3.8) is 0 Å². The van der Waals surface area contributed by atoms with Gasteiger partial charge in [0.05, 0.1) is 12.2 Å². The number of aliphatic imine (C=N–C) groups is 1. The Kier molecular flexibility index (Phi) is 4.46. The van der Waals surface area contributed by atoms with Gasteiger partial charge in [0.25, 0.3) is 11.8 Å². The van der Waals surface area contributed by atoms with Gasteiger partial charge in [-0.3, -0.25) is 15.0 Å². The van der Waals surface area contributed by atoms with Crippen LogP contribution in [0.2, 0.25) is 0 Å². The lowest BCUT2D eigenvalue weighted by atomic mass is 10.2. The predicted octanol–water partition coefficient (Wildman–Crippen LogP) is 0.675. The number of aromatic nitrogens is 2. The molecule has 0 unspecified atom stereocenters. The van der Waals surface area contributed by atoms with E-state index in [1.165, 1.54) is 9.91 Å². The van der Waals surface area contributed by atoms with Crippen LogP contribution in [0.3, 0.4) is 0 Å². The molecule has 1 aliphatic rings. The van der Waals surface area contributed by atoms with Crippen molar-refractivity contribution in [2.45, 2.75) is 26.4 Å². The molecule has 2 aromatic rings. The maximum absolute atomic E-state index is 12.6. The molecule has 9 heteroatoms. The second-order valence-electron chi connectivity index (χ2n) is 5.67. The number of amides is 2. The highest BCUT2D eigenvalue weighted by Crippen LogP contribution is 2.16. The van der Waals surface area contributed by atoms with Gasteiger partial charge in [0, 0.05) is 14.0 Å². The third-order valence-electron chi connectivity index (χ3n) is 3.63. The highest BCUT2D eigenvalue weighted by Gasteiger charge is 2.32. The van der Waals surface area contributed by atoms with Crippen molar-refractivity contribution in [1.82, 2.24) is 20.5 Å². The molecule has 0 fully saturated rings. The van der Waals surface area contributed by atoms with E-state index in [4.69, 9.17) is 4.52 Å². The fourth-order valence-corrected chi connectivity index (χ4v) is 2.37. The van der Waals surface area contributed by atoms with E-state index in [1.807, 2.05) is 18.2 Å². The first-order chi connectivity index (χ1) is 12.0. The number of nitrogens with one attached hydrogen (secondary N) is 1. The Labute approximate surface area is 144 Å². The van der Waals surface area contributed by atoms with Crippen molar-refractivity contribution >= 4 is 23.3 Å². The smallest absolute Gasteiger partial charge is 0.290 e. The largest absolute Gasteiger partial charge is 0.340 e. The molecule has 0 saturated heterocycles. The predicted molar refractivity (Wildman–Crippen MR) is 89.5 cm³/mol. The summed E-state index contributed by atoms with van der Waals surface area (Å²) in [7, 11) is 1.60. The number of benzene rings is 1. The van der Waals surface area contributed by atoms with E-state index in [2.05, 4.69) is 20.6 Å². The zero-order valence-corrected chi connectivity index (χ0v) is 14.1. The number of anilines is 1. The molecule has 0 bridgehead atoms. The zero-order valence-electron chi connectivity index (χ0n) is 14.1. The molecule has 0 spiro atoms. The molecule has 0 aliphatic carbocycles. The second kappa shape index (κ2) is 6.71. The molecule has 2 heterocycles. The fraction of sp³-hybridized carbons (Fsp3) is 0.312. The molecule has 1 aromatic carbocycles. The van der Waals surface area contributed by atoms with Crippen LogP contribution in [0.4, 0.5) is 5.69 Å². The quantitative estimate of drug-likeness (QED) is 0.876. The molecule has 2 amide bonds. The van der Waals surface area contributed by atoms with E-state index < -0.39 is 6.04 Å². The number of hydrogen-bond acceptors (Lipinski definition) is 7. The van der Waals surface area contributed by atoms with Gasteiger partial charge in [0.15, 0.2) is 5.82 Å². The second-order valence-corrected chi connectivity index (χ2v) is 5.67. The minimum atomic E-state index is -0.666. The van der Waals surface area contributed by atoms with E-state index in [0.29, 0.717) is 17.4 Å². The molecule has 0 saturated carbocycles. The molecule has 3 rings (SSSR count). The van der Waals surface area contributed by atoms with Gasteiger partial charge in [-0.2, -0.15) is 4.98 Å². The van der Waals surface area contributed by atoms with Crippen molar-refractivity contribution in [2.75, 3.05) is 12.1 Å². The van der Waals surface area contributed by atoms with Crippen LogP contribution in [0.1, 0.15) is 18.6 Å². The molecule has 1 aromatic heterocycles. The standard InChI is InChI=1S/C16H18N6O3/c1-10-15(23)22(12-7-5-4-6-8-12)19-14(17-10)16(24)21(3)9-13-18-11(2)25-20-13/h4-8,10H,9H2,1-3H3,(H,17,19)/t10-/m0/s1. The number of rotatable bonds is 4. The van der Waals surface area contributed by atoms with Gasteiger partial charge in [-0.15, -0.1) is 0 Å². The summed E-state index contributed by atoms with van der Waals surface area (Å²) in [5.74, 6) is 0.299. The Bertz CT molecular complexity index is 816. The number of amidine groups is 1. The molecular weight excluding hydrogens is 324 g/mol. The molecule has 1 N–H and O–H groups in total. The molecular formula is C16H18N6O3. The minimum absolute atomic E-state index is 0.0821. The van der Waals surface area contributed by atoms with Crippen LogP contribution in [0.5, 0.6) is 0 Å². The molecule has 1 aliphatic heterocycles. The monoisotopic (exact) mass is 342 g/mol. The molecule has 9 nitrogen and oxygen atoms in total. The average molecular weight is 342 g/mol. The first-order valence-corrected chi connectivity index (χ1v) is 7.74. The molecule has 130 valence electrons. The lowest BCUT2D eigenvalue weighted by molar-refractivity contribution is -0.124. The number of aryl methyl sites for hydroxylation is 1. The van der Waals surface area contributed by atoms with Gasteiger partial charge < -0.3 is 9.42 Å². The summed E-state index contributed by atoms with van der Waals surface area (Å²) < 4.78 is 4.90. The number of carbonyl (C=O) groups is 2. The Morgan fingerprint density at radius 3 is 2.72 bits per heavy atom. The number of nitrogens with zero attached hydrogens (tertiary/aromatic N) is 5. The van der Waals surface area contributed by atoms with Gasteiger partial charge in [0.2, 0.25) is 11.7 Å². The lowest BCUT2D eigenvalue weighted by Gasteiger charge is -2.31. The fourth-order valence-electron chi connectivity index (χ4n) is 2.37. The van der Waals surface area contributed by atoms with E-state index in [-0.39, 0.29) is 24.2 Å². The first-order valence-electron chi connectivity index (χ1n) is 7.74. The van der Waals surface area contributed by atoms with Crippen molar-refractivity contribution in [3.8, 4) is 0 Å². The first kappa shape index (κ1) is 16.6. The average Bonchev–Trinajstić information content (AvgIpc) is 3.02. The normalized spacial score (nSPS) is 17.1. The molecule has 25 heavy (non-hydrogen) atoms. The van der Waals surface area contributed by atoms with Crippen molar-refractivity contribution in [3.05, 3.63) is 42.0 Å². The van der Waals surface area contributed by atoms with E-state index in [1.54, 1.807) is 33.0 Å². The van der Waals surface area contributed by atoms with Crippen molar-refractivity contribution in [1.29, 1.82) is 0 Å². The molecule has 1 atom stereocenters. The number of carbonyl (C=O) groups excluding carboxylic acids is 2. The lowest BCUT2D eigenvalue weighted by Crippen LogP contribution is -2.58. The zero-order chi connectivity index (χ0) is 18.0. The van der Waals surface area contributed by atoms with Gasteiger partial charge in [-0.1, -0.05) is 23.4 Å². The van der Waals surface area contributed by atoms with Gasteiger partial charge >= 0.3 is 0 Å². The van der Waals surface area contributed by atoms with E-state index in [9.17, 15) is 9.59 Å². The van der Waals surface area contributed by atoms with Crippen LogP contribution in [-0.4, -0.2) is 45.8 Å². The van der Waals surface area contributed by atoms with E-state index >= 15 is 0 Å². The maximum Gasteiger partial charge on any atom is 0.290 e. The van der Waals surface area contributed by atoms with Gasteiger partial charge in [-0.05, 0) is 19.1 Å². The third kappa shape index (κ3) is 3.49. The summed E-state index contributed by atoms with van der Waals surface area (Å²) >= 11 is 0. The highest BCUT2D eigenvalue weighted by atomic mass is 16.5. The van der Waals surface area contributed by atoms with Gasteiger partial charge in [-0.25, -0.2) is 10.0 Å². The number of hydrogen-bond donors (Lipinski definition) is 1. The van der Waals surface area contributed by atoms with Crippen LogP contribution in [0.25, 0.3) is 0 Å². The number of hydrazine groups is 1. The van der Waals surface area contributed by atoms with Crippen molar-refractivity contribution in [2.24, 2.45) is 4.99 Å². The van der Waals surface area contributed by atoms with E-state index in [0.717, 1.165) is 0 Å². The SMILES string of the molecule is Cc1nc(CN(C)C(=O)C2=N[C@@H](C)C(=O)N(c3ccccc3)N2)no1. The van der Waals surface area contributed by atoms with Crippen LogP contribution < -0.4 is 10.4 Å². The highest BCUT2D eigenvalue weighted by molar-refractivity contribution is 6.39. The Morgan fingerprint density at radius 2 is 2.08 bits per heavy atom. The summed E-state index contributed by atoms with van der Waals surface area (Å²) in [5, 5.41) is 5.10. The van der Waals surface area contributed by atoms with Crippen molar-refractivity contribution < 1.29 is 14.1 Å². The summed E-state index contributed by atoms with van der Waals surface area (Å²) in [5.41, 5.74) is 3.44. The van der Waals surface area contributed by atoms with Crippen LogP contribution >= 0.6 is 0 Å². The van der Waals surface area contributed by atoms with Crippen LogP contribution in [0, 0.1) is 6.92 Å².